The minimum atomic E-state index is 0.525. The van der Waals surface area contributed by atoms with Crippen LogP contribution in [0.4, 0.5) is 0 Å². The first-order valence-corrected chi connectivity index (χ1v) is 10.4. The third kappa shape index (κ3) is 6.05. The maximum Gasteiger partial charge on any atom is 0.194 e. The van der Waals surface area contributed by atoms with Crippen LogP contribution in [-0.4, -0.2) is 72.1 Å². The van der Waals surface area contributed by atoms with E-state index >= 15 is 0 Å². The number of hydrogen-bond donors (Lipinski definition) is 1. The van der Waals surface area contributed by atoms with Gasteiger partial charge in [0.25, 0.3) is 0 Å². The van der Waals surface area contributed by atoms with E-state index in [1.165, 1.54) is 11.1 Å². The van der Waals surface area contributed by atoms with Crippen molar-refractivity contribution < 1.29 is 4.52 Å². The highest BCUT2D eigenvalue weighted by atomic mass is 16.5. The third-order valence-corrected chi connectivity index (χ3v) is 5.62. The Kier molecular flexibility index (Phi) is 7.66. The van der Waals surface area contributed by atoms with E-state index in [1.54, 1.807) is 6.26 Å². The van der Waals surface area contributed by atoms with Crippen molar-refractivity contribution in [3.63, 3.8) is 0 Å². The molecule has 1 fully saturated rings. The molecule has 1 aliphatic heterocycles. The third-order valence-electron chi connectivity index (χ3n) is 5.62. The van der Waals surface area contributed by atoms with Crippen LogP contribution in [0.25, 0.3) is 0 Å². The quantitative estimate of drug-likeness (QED) is 0.571. The number of aliphatic imine (C=N–C) groups is 1. The first-order chi connectivity index (χ1) is 14.1. The van der Waals surface area contributed by atoms with Gasteiger partial charge in [0, 0.05) is 65.0 Å². The van der Waals surface area contributed by atoms with E-state index in [4.69, 9.17) is 4.52 Å². The monoisotopic (exact) mass is 398 g/mol. The lowest BCUT2D eigenvalue weighted by Crippen LogP contribution is -2.52. The van der Waals surface area contributed by atoms with Gasteiger partial charge in [-0.25, -0.2) is 0 Å². The molecule has 1 aromatic carbocycles. The summed E-state index contributed by atoms with van der Waals surface area (Å²) >= 11 is 0. The largest absolute Gasteiger partial charge is 0.364 e. The van der Waals surface area contributed by atoms with E-state index in [2.05, 4.69) is 75.3 Å². The minimum Gasteiger partial charge on any atom is -0.364 e. The van der Waals surface area contributed by atoms with Gasteiger partial charge in [0.1, 0.15) is 6.26 Å². The zero-order chi connectivity index (χ0) is 20.6. The molecule has 0 amide bonds. The fourth-order valence-electron chi connectivity index (χ4n) is 3.51. The average Bonchev–Trinajstić information content (AvgIpc) is 3.23. The molecular formula is C22H34N6O. The predicted molar refractivity (Wildman–Crippen MR) is 117 cm³/mol. The highest BCUT2D eigenvalue weighted by molar-refractivity contribution is 5.80. The molecule has 1 aromatic heterocycles. The zero-order valence-electron chi connectivity index (χ0n) is 18.1. The van der Waals surface area contributed by atoms with Crippen molar-refractivity contribution in [2.24, 2.45) is 4.99 Å². The van der Waals surface area contributed by atoms with Gasteiger partial charge in [0.15, 0.2) is 5.96 Å². The summed E-state index contributed by atoms with van der Waals surface area (Å²) in [6.07, 6.45) is 1.63. The van der Waals surface area contributed by atoms with Crippen LogP contribution in [0.5, 0.6) is 0 Å². The van der Waals surface area contributed by atoms with Crippen molar-refractivity contribution in [2.45, 2.75) is 39.5 Å². The maximum absolute atomic E-state index is 4.93. The standard InChI is InChI=1S/C22H34N6O/c1-18(2)26(4)16-20-8-6-5-7-19(20)15-24-22(23-3)28-12-10-27(11-13-28)17-21-9-14-29-25-21/h5-9,14,18H,10-13,15-17H2,1-4H3,(H,23,24). The summed E-state index contributed by atoms with van der Waals surface area (Å²) in [5.74, 6) is 0.970. The SMILES string of the molecule is CN=C(NCc1ccccc1CN(C)C(C)C)N1CCN(Cc2ccon2)CC1. The Bertz CT molecular complexity index is 765. The molecule has 29 heavy (non-hydrogen) atoms. The van der Waals surface area contributed by atoms with E-state index in [-0.39, 0.29) is 0 Å². The van der Waals surface area contributed by atoms with Gasteiger partial charge in [-0.05, 0) is 32.0 Å². The average molecular weight is 399 g/mol. The van der Waals surface area contributed by atoms with Crippen LogP contribution in [0.3, 0.4) is 0 Å². The molecule has 0 radical (unpaired) electrons. The summed E-state index contributed by atoms with van der Waals surface area (Å²) in [5, 5.41) is 7.58. The van der Waals surface area contributed by atoms with E-state index in [0.717, 1.165) is 57.5 Å². The Morgan fingerprint density at radius 3 is 2.52 bits per heavy atom. The molecule has 0 bridgehead atoms. The first-order valence-electron chi connectivity index (χ1n) is 10.4. The topological polar surface area (TPSA) is 60.1 Å². The Morgan fingerprint density at radius 2 is 1.90 bits per heavy atom. The molecule has 3 rings (SSSR count). The molecule has 2 heterocycles. The zero-order valence-corrected chi connectivity index (χ0v) is 18.1. The molecule has 0 saturated carbocycles. The normalized spacial score (nSPS) is 16.1. The van der Waals surface area contributed by atoms with Gasteiger partial charge >= 0.3 is 0 Å². The van der Waals surface area contributed by atoms with Gasteiger partial charge in [-0.1, -0.05) is 29.4 Å². The summed E-state index contributed by atoms with van der Waals surface area (Å²) in [6, 6.07) is 11.1. The number of nitrogens with one attached hydrogen (secondary N) is 1. The van der Waals surface area contributed by atoms with Gasteiger partial charge < -0.3 is 14.7 Å². The summed E-state index contributed by atoms with van der Waals surface area (Å²) < 4.78 is 4.93. The summed E-state index contributed by atoms with van der Waals surface area (Å²) in [5.41, 5.74) is 3.68. The molecule has 0 spiro atoms. The number of nitrogens with zero attached hydrogens (tertiary/aromatic N) is 5. The van der Waals surface area contributed by atoms with Gasteiger partial charge in [-0.3, -0.25) is 14.8 Å². The highest BCUT2D eigenvalue weighted by Gasteiger charge is 2.20. The molecule has 0 atom stereocenters. The smallest absolute Gasteiger partial charge is 0.194 e. The van der Waals surface area contributed by atoms with Crippen LogP contribution in [0, 0.1) is 0 Å². The fourth-order valence-corrected chi connectivity index (χ4v) is 3.51. The van der Waals surface area contributed by atoms with Crippen LogP contribution in [0.2, 0.25) is 0 Å². The Hall–Kier alpha value is -2.38. The Morgan fingerprint density at radius 1 is 1.17 bits per heavy atom. The van der Waals surface area contributed by atoms with E-state index in [9.17, 15) is 0 Å². The van der Waals surface area contributed by atoms with Gasteiger partial charge in [0.05, 0.1) is 5.69 Å². The lowest BCUT2D eigenvalue weighted by molar-refractivity contribution is 0.169. The van der Waals surface area contributed by atoms with Crippen LogP contribution >= 0.6 is 0 Å². The number of benzene rings is 1. The van der Waals surface area contributed by atoms with Crippen molar-refractivity contribution in [3.8, 4) is 0 Å². The van der Waals surface area contributed by atoms with Crippen LogP contribution in [0.15, 0.2) is 46.1 Å². The lowest BCUT2D eigenvalue weighted by atomic mass is 10.1. The Balaban J connectivity index is 1.52. The lowest BCUT2D eigenvalue weighted by Gasteiger charge is -2.36. The summed E-state index contributed by atoms with van der Waals surface area (Å²) in [7, 11) is 4.04. The number of rotatable bonds is 7. The molecule has 1 aliphatic rings. The molecule has 1 saturated heterocycles. The minimum absolute atomic E-state index is 0.525. The van der Waals surface area contributed by atoms with Crippen LogP contribution in [0.1, 0.15) is 30.7 Å². The van der Waals surface area contributed by atoms with Gasteiger partial charge in [0.2, 0.25) is 0 Å². The highest BCUT2D eigenvalue weighted by Crippen LogP contribution is 2.13. The first kappa shape index (κ1) is 21.3. The van der Waals surface area contributed by atoms with E-state index < -0.39 is 0 Å². The van der Waals surface area contributed by atoms with Gasteiger partial charge in [-0.15, -0.1) is 0 Å². The number of aromatic nitrogens is 1. The van der Waals surface area contributed by atoms with E-state index in [0.29, 0.717) is 6.04 Å². The molecule has 7 nitrogen and oxygen atoms in total. The second-order valence-electron chi connectivity index (χ2n) is 7.93. The van der Waals surface area contributed by atoms with Gasteiger partial charge in [-0.2, -0.15) is 0 Å². The number of hydrogen-bond acceptors (Lipinski definition) is 5. The molecule has 2 aromatic rings. The molecule has 1 N–H and O–H groups in total. The second kappa shape index (κ2) is 10.4. The van der Waals surface area contributed by atoms with Crippen LogP contribution < -0.4 is 5.32 Å². The molecular weight excluding hydrogens is 364 g/mol. The van der Waals surface area contributed by atoms with Crippen molar-refractivity contribution in [3.05, 3.63) is 53.4 Å². The second-order valence-corrected chi connectivity index (χ2v) is 7.93. The Labute approximate surface area is 174 Å². The number of piperazine rings is 1. The summed E-state index contributed by atoms with van der Waals surface area (Å²) in [6.45, 7) is 10.9. The van der Waals surface area contributed by atoms with E-state index in [1.807, 2.05) is 13.1 Å². The van der Waals surface area contributed by atoms with Crippen molar-refractivity contribution in [2.75, 3.05) is 40.3 Å². The maximum atomic E-state index is 4.93. The fraction of sp³-hybridized carbons (Fsp3) is 0.545. The van der Waals surface area contributed by atoms with Crippen molar-refractivity contribution in [1.82, 2.24) is 25.2 Å². The molecule has 0 unspecified atom stereocenters. The van der Waals surface area contributed by atoms with Crippen molar-refractivity contribution >= 4 is 5.96 Å². The van der Waals surface area contributed by atoms with Crippen molar-refractivity contribution in [1.29, 1.82) is 0 Å². The molecule has 7 heteroatoms. The predicted octanol–water partition coefficient (Wildman–Crippen LogP) is 2.41. The summed E-state index contributed by atoms with van der Waals surface area (Å²) in [4.78, 5) is 11.6. The molecule has 0 aliphatic carbocycles. The molecule has 158 valence electrons. The number of guanidine groups is 1. The van der Waals surface area contributed by atoms with Crippen LogP contribution in [-0.2, 0) is 19.6 Å².